The second-order valence-corrected chi connectivity index (χ2v) is 6.60. The van der Waals surface area contributed by atoms with Gasteiger partial charge in [0.05, 0.1) is 6.07 Å². The maximum Gasteiger partial charge on any atom is 0.253 e. The first-order valence-corrected chi connectivity index (χ1v) is 6.67. The molecule has 0 saturated carbocycles. The summed E-state index contributed by atoms with van der Waals surface area (Å²) in [5, 5.41) is 10.1. The van der Waals surface area contributed by atoms with Crippen LogP contribution in [0.25, 0.3) is 0 Å². The normalized spacial score (nSPS) is 11.6. The largest absolute Gasteiger partial charge is 0.253 e. The van der Waals surface area contributed by atoms with E-state index in [1.807, 2.05) is 0 Å². The van der Waals surface area contributed by atoms with Gasteiger partial charge in [0.2, 0.25) is 0 Å². The Morgan fingerprint density at radius 2 is 2.36 bits per heavy atom. The molecule has 0 bridgehead atoms. The first kappa shape index (κ1) is 11.7. The quantitative estimate of drug-likeness (QED) is 0.797. The second-order valence-electron chi connectivity index (χ2n) is 2.50. The van der Waals surface area contributed by atoms with Gasteiger partial charge in [-0.25, -0.2) is 8.42 Å². The van der Waals surface area contributed by atoms with Crippen LogP contribution in [0, 0.1) is 11.3 Å². The number of nitrogens with zero attached hydrogens (tertiary/aromatic N) is 2. The van der Waals surface area contributed by atoms with Crippen LogP contribution in [-0.4, -0.2) is 26.3 Å². The Hall–Kier alpha value is -0.420. The third-order valence-corrected chi connectivity index (χ3v) is 5.48. The minimum Gasteiger partial charge on any atom is -0.206 e. The van der Waals surface area contributed by atoms with Gasteiger partial charge in [0.25, 0.3) is 10.0 Å². The molecule has 0 atom stereocenters. The lowest BCUT2D eigenvalue weighted by Gasteiger charge is -2.10. The summed E-state index contributed by atoms with van der Waals surface area (Å²) in [5.41, 5.74) is 0. The van der Waals surface area contributed by atoms with E-state index >= 15 is 0 Å². The molecule has 1 aromatic rings. The molecule has 0 spiro atoms. The summed E-state index contributed by atoms with van der Waals surface area (Å²) >= 11 is 4.30. The lowest BCUT2D eigenvalue weighted by molar-refractivity contribution is 0.504. The van der Waals surface area contributed by atoms with Crippen molar-refractivity contribution in [1.29, 1.82) is 5.26 Å². The second kappa shape index (κ2) is 4.40. The number of rotatable bonds is 3. The molecular weight excluding hydrogens is 288 g/mol. The van der Waals surface area contributed by atoms with Gasteiger partial charge in [-0.05, 0) is 22.0 Å². The Morgan fingerprint density at radius 3 is 2.79 bits per heavy atom. The third-order valence-electron chi connectivity index (χ3n) is 1.50. The fraction of sp³-hybridized carbons (Fsp3) is 0.286. The molecule has 1 rings (SSSR count). The fourth-order valence-corrected chi connectivity index (χ4v) is 3.90. The van der Waals surface area contributed by atoms with Gasteiger partial charge in [0.15, 0.2) is 0 Å². The number of nitriles is 1. The lowest BCUT2D eigenvalue weighted by Crippen LogP contribution is -2.26. The molecule has 0 unspecified atom stereocenters. The molecule has 1 aromatic heterocycles. The maximum atomic E-state index is 11.7. The number of hydrogen-bond acceptors (Lipinski definition) is 4. The molecule has 7 heteroatoms. The summed E-state index contributed by atoms with van der Waals surface area (Å²) in [7, 11) is -2.10. The van der Waals surface area contributed by atoms with Crippen LogP contribution in [0.2, 0.25) is 0 Å². The molecule has 14 heavy (non-hydrogen) atoms. The molecule has 0 saturated heterocycles. The number of halogens is 1. The monoisotopic (exact) mass is 294 g/mol. The minimum absolute atomic E-state index is 0.141. The van der Waals surface area contributed by atoms with Gasteiger partial charge >= 0.3 is 0 Å². The van der Waals surface area contributed by atoms with Gasteiger partial charge in [-0.1, -0.05) is 0 Å². The number of thiophene rings is 1. The highest BCUT2D eigenvalue weighted by Crippen LogP contribution is 2.25. The number of hydrogen-bond donors (Lipinski definition) is 0. The van der Waals surface area contributed by atoms with Crippen molar-refractivity contribution < 1.29 is 8.42 Å². The van der Waals surface area contributed by atoms with Crippen molar-refractivity contribution in [3.05, 3.63) is 15.9 Å². The highest BCUT2D eigenvalue weighted by Gasteiger charge is 2.21. The van der Waals surface area contributed by atoms with Crippen LogP contribution < -0.4 is 0 Å². The molecule has 0 fully saturated rings. The van der Waals surface area contributed by atoms with Crippen LogP contribution in [0.15, 0.2) is 20.1 Å². The molecule has 0 amide bonds. The van der Waals surface area contributed by atoms with E-state index in [0.29, 0.717) is 0 Å². The van der Waals surface area contributed by atoms with Crippen molar-refractivity contribution in [2.24, 2.45) is 0 Å². The van der Waals surface area contributed by atoms with E-state index in [4.69, 9.17) is 5.26 Å². The van der Waals surface area contributed by atoms with E-state index in [0.717, 1.165) is 20.1 Å². The van der Waals surface area contributed by atoms with Gasteiger partial charge in [0, 0.05) is 16.9 Å². The number of sulfonamides is 1. The molecule has 0 radical (unpaired) electrons. The average Bonchev–Trinajstić information content (AvgIpc) is 2.52. The lowest BCUT2D eigenvalue weighted by atomic mass is 10.7. The molecule has 0 aliphatic carbocycles. The first-order valence-electron chi connectivity index (χ1n) is 3.56. The molecule has 0 aromatic carbocycles. The topological polar surface area (TPSA) is 61.2 Å². The standard InChI is InChI=1S/C7H7BrN2O2S2/c1-10(3-2-9)14(11,12)7-4-6(8)5-13-7/h4-5H,3H2,1H3. The van der Waals surface area contributed by atoms with Crippen LogP contribution in [-0.2, 0) is 10.0 Å². The van der Waals surface area contributed by atoms with Gasteiger partial charge in [-0.2, -0.15) is 9.57 Å². The summed E-state index contributed by atoms with van der Waals surface area (Å²) in [5.74, 6) is 0. The Kier molecular flexibility index (Phi) is 3.66. The van der Waals surface area contributed by atoms with Crippen molar-refractivity contribution in [3.63, 3.8) is 0 Å². The van der Waals surface area contributed by atoms with Gasteiger partial charge in [-0.15, -0.1) is 11.3 Å². The van der Waals surface area contributed by atoms with Crippen molar-refractivity contribution in [2.75, 3.05) is 13.6 Å². The van der Waals surface area contributed by atoms with Crippen molar-refractivity contribution in [3.8, 4) is 6.07 Å². The van der Waals surface area contributed by atoms with E-state index < -0.39 is 10.0 Å². The van der Waals surface area contributed by atoms with Gasteiger partial charge < -0.3 is 0 Å². The van der Waals surface area contributed by atoms with E-state index in [1.54, 1.807) is 11.4 Å². The summed E-state index contributed by atoms with van der Waals surface area (Å²) in [4.78, 5) is 0. The Bertz CT molecular complexity index is 460. The van der Waals surface area contributed by atoms with Gasteiger partial charge in [0.1, 0.15) is 10.8 Å². The molecule has 4 nitrogen and oxygen atoms in total. The van der Waals surface area contributed by atoms with E-state index in [2.05, 4.69) is 15.9 Å². The van der Waals surface area contributed by atoms with E-state index in [-0.39, 0.29) is 10.8 Å². The SMILES string of the molecule is CN(CC#N)S(=O)(=O)c1cc(Br)cs1. The summed E-state index contributed by atoms with van der Waals surface area (Å²) in [6.45, 7) is -0.141. The Balaban J connectivity index is 3.03. The zero-order valence-electron chi connectivity index (χ0n) is 7.27. The van der Waals surface area contributed by atoms with Crippen LogP contribution in [0.4, 0.5) is 0 Å². The van der Waals surface area contributed by atoms with Gasteiger partial charge in [-0.3, -0.25) is 0 Å². The van der Waals surface area contributed by atoms with Crippen molar-refractivity contribution >= 4 is 37.3 Å². The zero-order chi connectivity index (χ0) is 10.8. The maximum absolute atomic E-state index is 11.7. The van der Waals surface area contributed by atoms with Crippen molar-refractivity contribution in [1.82, 2.24) is 4.31 Å². The molecule has 0 N–H and O–H groups in total. The predicted octanol–water partition coefficient (Wildman–Crippen LogP) is 1.65. The fourth-order valence-electron chi connectivity index (χ4n) is 0.768. The summed E-state index contributed by atoms with van der Waals surface area (Å²) < 4.78 is 25.4. The van der Waals surface area contributed by atoms with Crippen LogP contribution in [0.3, 0.4) is 0 Å². The summed E-state index contributed by atoms with van der Waals surface area (Å²) in [6, 6.07) is 3.31. The molecule has 76 valence electrons. The van der Waals surface area contributed by atoms with Crippen LogP contribution >= 0.6 is 27.3 Å². The van der Waals surface area contributed by atoms with Crippen molar-refractivity contribution in [2.45, 2.75) is 4.21 Å². The molecule has 0 aliphatic rings. The highest BCUT2D eigenvalue weighted by atomic mass is 79.9. The highest BCUT2D eigenvalue weighted by molar-refractivity contribution is 9.10. The average molecular weight is 295 g/mol. The third kappa shape index (κ3) is 2.33. The summed E-state index contributed by atoms with van der Waals surface area (Å²) in [6.07, 6.45) is 0. The molecule has 1 heterocycles. The molecule has 0 aliphatic heterocycles. The van der Waals surface area contributed by atoms with E-state index in [9.17, 15) is 8.42 Å². The molecular formula is C7H7BrN2O2S2. The Morgan fingerprint density at radius 1 is 1.71 bits per heavy atom. The minimum atomic E-state index is -3.48. The zero-order valence-corrected chi connectivity index (χ0v) is 10.5. The Labute approximate surface area is 94.9 Å². The first-order chi connectivity index (χ1) is 6.48. The van der Waals surface area contributed by atoms with E-state index in [1.165, 1.54) is 13.1 Å². The van der Waals surface area contributed by atoms with Crippen LogP contribution in [0.5, 0.6) is 0 Å². The van der Waals surface area contributed by atoms with Crippen LogP contribution in [0.1, 0.15) is 0 Å². The predicted molar refractivity (Wildman–Crippen MR) is 57.4 cm³/mol. The smallest absolute Gasteiger partial charge is 0.206 e.